The number of ether oxygens (including phenoxy) is 2. The number of nitrogens with zero attached hydrogens (tertiary/aromatic N) is 5. The summed E-state index contributed by atoms with van der Waals surface area (Å²) in [7, 11) is 0. The van der Waals surface area contributed by atoms with E-state index in [0.717, 1.165) is 50.8 Å². The predicted octanol–water partition coefficient (Wildman–Crippen LogP) is 2.98. The largest absolute Gasteiger partial charge is 0.483 e. The van der Waals surface area contributed by atoms with Gasteiger partial charge in [-0.25, -0.2) is 9.78 Å². The van der Waals surface area contributed by atoms with Crippen LogP contribution in [0.4, 0.5) is 4.79 Å². The van der Waals surface area contributed by atoms with Gasteiger partial charge in [0.05, 0.1) is 18.7 Å². The molecule has 48 heavy (non-hydrogen) atoms. The maximum atomic E-state index is 13.4. The van der Waals surface area contributed by atoms with Gasteiger partial charge < -0.3 is 34.4 Å². The fraction of sp³-hybridized carbons (Fsp3) is 0.600. The Morgan fingerprint density at radius 2 is 1.62 bits per heavy atom. The molecule has 0 aliphatic carbocycles. The maximum Gasteiger partial charge on any atom is 0.409 e. The number of likely N-dealkylation sites (tertiary alicyclic amines) is 2. The first-order valence-electron chi connectivity index (χ1n) is 17.2. The van der Waals surface area contributed by atoms with Gasteiger partial charge in [0.15, 0.2) is 6.61 Å². The van der Waals surface area contributed by atoms with Crippen LogP contribution in [-0.2, 0) is 19.1 Å². The maximum absolute atomic E-state index is 13.4. The Balaban J connectivity index is 1.18. The third-order valence-electron chi connectivity index (χ3n) is 9.48. The number of aromatic nitrogens is 1. The number of pyridine rings is 1. The van der Waals surface area contributed by atoms with Crippen molar-refractivity contribution in [3.63, 3.8) is 0 Å². The topological polar surface area (TPSA) is 142 Å². The smallest absolute Gasteiger partial charge is 0.409 e. The number of piperazine rings is 1. The summed E-state index contributed by atoms with van der Waals surface area (Å²) in [5.74, 6) is -0.169. The first-order chi connectivity index (χ1) is 23.1. The standard InChI is InChI=1S/C35H48N6O7/c1-4-5-19-47-35(46)40-17-15-38(16-18-40)31(42)22-36-33(44)28-21-30(26-9-8-25(3)20-27(26)37-28)48-23-32(43)41-12-6-7-29(41)34(45)39-13-10-24(2)11-14-39/h8-9,20-21,24,29H,4-7,10-19,22-23H2,1-3H3,(H,36,44). The van der Waals surface area contributed by atoms with Crippen molar-refractivity contribution in [1.29, 1.82) is 0 Å². The molecule has 5 rings (SSSR count). The number of aryl methyl sites for hydroxylation is 1. The molecular formula is C35H48N6O7. The molecule has 1 N–H and O–H groups in total. The first kappa shape index (κ1) is 34.9. The van der Waals surface area contributed by atoms with Crippen LogP contribution in [0.15, 0.2) is 24.3 Å². The number of carbonyl (C=O) groups excluding carboxylic acids is 5. The Bertz CT molecular complexity index is 1500. The van der Waals surface area contributed by atoms with Gasteiger partial charge >= 0.3 is 6.09 Å². The third kappa shape index (κ3) is 8.53. The highest BCUT2D eigenvalue weighted by Crippen LogP contribution is 2.28. The molecule has 0 bridgehead atoms. The Morgan fingerprint density at radius 1 is 0.896 bits per heavy atom. The molecule has 13 heteroatoms. The lowest BCUT2D eigenvalue weighted by Gasteiger charge is -2.34. The first-order valence-corrected chi connectivity index (χ1v) is 17.2. The monoisotopic (exact) mass is 664 g/mol. The van der Waals surface area contributed by atoms with E-state index in [1.165, 1.54) is 6.07 Å². The van der Waals surface area contributed by atoms with Crippen LogP contribution in [0.2, 0.25) is 0 Å². The summed E-state index contributed by atoms with van der Waals surface area (Å²) in [5.41, 5.74) is 1.51. The van der Waals surface area contributed by atoms with E-state index >= 15 is 0 Å². The summed E-state index contributed by atoms with van der Waals surface area (Å²) >= 11 is 0. The molecule has 3 fully saturated rings. The number of piperidine rings is 1. The molecule has 4 heterocycles. The lowest BCUT2D eigenvalue weighted by Crippen LogP contribution is -2.52. The lowest BCUT2D eigenvalue weighted by atomic mass is 9.98. The van der Waals surface area contributed by atoms with E-state index in [1.54, 1.807) is 14.7 Å². The van der Waals surface area contributed by atoms with Crippen LogP contribution >= 0.6 is 0 Å². The Morgan fingerprint density at radius 3 is 2.35 bits per heavy atom. The predicted molar refractivity (Wildman–Crippen MR) is 178 cm³/mol. The van der Waals surface area contributed by atoms with Gasteiger partial charge in [0, 0.05) is 57.3 Å². The second kappa shape index (κ2) is 16.1. The van der Waals surface area contributed by atoms with Crippen LogP contribution in [0, 0.1) is 12.8 Å². The van der Waals surface area contributed by atoms with E-state index in [1.807, 2.05) is 36.9 Å². The van der Waals surface area contributed by atoms with Gasteiger partial charge in [-0.1, -0.05) is 26.3 Å². The summed E-state index contributed by atoms with van der Waals surface area (Å²) in [6.07, 6.45) is 4.71. The molecule has 1 unspecified atom stereocenters. The zero-order valence-electron chi connectivity index (χ0n) is 28.4. The zero-order valence-corrected chi connectivity index (χ0v) is 28.4. The zero-order chi connectivity index (χ0) is 34.2. The van der Waals surface area contributed by atoms with Crippen molar-refractivity contribution in [1.82, 2.24) is 29.9 Å². The van der Waals surface area contributed by atoms with Crippen molar-refractivity contribution in [2.45, 2.75) is 65.3 Å². The van der Waals surface area contributed by atoms with Crippen molar-refractivity contribution in [2.75, 3.05) is 65.6 Å². The van der Waals surface area contributed by atoms with Crippen LogP contribution in [-0.4, -0.2) is 126 Å². The Labute approximate surface area is 281 Å². The van der Waals surface area contributed by atoms with Crippen molar-refractivity contribution in [3.8, 4) is 5.75 Å². The van der Waals surface area contributed by atoms with E-state index < -0.39 is 11.9 Å². The van der Waals surface area contributed by atoms with Crippen molar-refractivity contribution in [2.24, 2.45) is 5.92 Å². The molecule has 13 nitrogen and oxygen atoms in total. The Hall–Kier alpha value is -4.42. The quantitative estimate of drug-likeness (QED) is 0.383. The van der Waals surface area contributed by atoms with E-state index in [2.05, 4.69) is 17.2 Å². The van der Waals surface area contributed by atoms with Gasteiger partial charge in [0.1, 0.15) is 17.5 Å². The molecule has 0 radical (unpaired) electrons. The second-order valence-electron chi connectivity index (χ2n) is 13.1. The fourth-order valence-corrected chi connectivity index (χ4v) is 6.42. The number of rotatable bonds is 10. The van der Waals surface area contributed by atoms with Crippen molar-refractivity contribution >= 4 is 40.6 Å². The summed E-state index contributed by atoms with van der Waals surface area (Å²) in [6, 6.07) is 6.56. The number of hydrogen-bond acceptors (Lipinski definition) is 8. The molecule has 3 aliphatic rings. The minimum Gasteiger partial charge on any atom is -0.483 e. The summed E-state index contributed by atoms with van der Waals surface area (Å²) in [5, 5.41) is 3.30. The number of unbranched alkanes of at least 4 members (excludes halogenated alkanes) is 1. The van der Waals surface area contributed by atoms with Gasteiger partial charge in [-0.2, -0.15) is 0 Å². The normalized spacial score (nSPS) is 18.6. The SMILES string of the molecule is CCCCOC(=O)N1CCN(C(=O)CNC(=O)c2cc(OCC(=O)N3CCCC3C(=O)N3CCC(C)CC3)c3ccc(C)cc3n2)CC1. The van der Waals surface area contributed by atoms with E-state index in [-0.39, 0.29) is 42.7 Å². The number of fused-ring (bicyclic) bond motifs is 1. The number of amides is 5. The van der Waals surface area contributed by atoms with Crippen LogP contribution < -0.4 is 10.1 Å². The molecule has 1 atom stereocenters. The average Bonchev–Trinajstić information content (AvgIpc) is 3.59. The number of nitrogens with one attached hydrogen (secondary N) is 1. The fourth-order valence-electron chi connectivity index (χ4n) is 6.42. The van der Waals surface area contributed by atoms with Gasteiger partial charge in [0.2, 0.25) is 11.8 Å². The van der Waals surface area contributed by atoms with E-state index in [9.17, 15) is 24.0 Å². The van der Waals surface area contributed by atoms with Crippen molar-refractivity contribution < 1.29 is 33.4 Å². The van der Waals surface area contributed by atoms with Crippen LogP contribution in [0.5, 0.6) is 5.75 Å². The molecule has 260 valence electrons. The minimum atomic E-state index is -0.554. The number of benzene rings is 1. The van der Waals surface area contributed by atoms with Crippen LogP contribution in [0.25, 0.3) is 10.9 Å². The van der Waals surface area contributed by atoms with E-state index in [0.29, 0.717) is 68.3 Å². The molecule has 0 saturated carbocycles. The van der Waals surface area contributed by atoms with Crippen LogP contribution in [0.3, 0.4) is 0 Å². The molecule has 3 aliphatic heterocycles. The summed E-state index contributed by atoms with van der Waals surface area (Å²) < 4.78 is 11.3. The molecule has 0 spiro atoms. The minimum absolute atomic E-state index is 0.0119. The van der Waals surface area contributed by atoms with Gasteiger partial charge in [0.25, 0.3) is 11.8 Å². The highest BCUT2D eigenvalue weighted by atomic mass is 16.6. The molecular weight excluding hydrogens is 616 g/mol. The highest BCUT2D eigenvalue weighted by Gasteiger charge is 2.37. The molecule has 1 aromatic carbocycles. The second-order valence-corrected chi connectivity index (χ2v) is 13.1. The van der Waals surface area contributed by atoms with E-state index in [4.69, 9.17) is 9.47 Å². The van der Waals surface area contributed by atoms with Crippen LogP contribution in [0.1, 0.15) is 68.4 Å². The van der Waals surface area contributed by atoms with Gasteiger partial charge in [-0.3, -0.25) is 19.2 Å². The lowest BCUT2D eigenvalue weighted by molar-refractivity contribution is -0.145. The molecule has 2 aromatic rings. The Kier molecular flexibility index (Phi) is 11.7. The third-order valence-corrected chi connectivity index (χ3v) is 9.48. The molecule has 5 amide bonds. The number of hydrogen-bond donors (Lipinski definition) is 1. The molecule has 3 saturated heterocycles. The highest BCUT2D eigenvalue weighted by molar-refractivity contribution is 5.99. The summed E-state index contributed by atoms with van der Waals surface area (Å²) in [6.45, 7) is 9.35. The van der Waals surface area contributed by atoms with Gasteiger partial charge in [-0.05, 0) is 62.6 Å². The molecule has 1 aromatic heterocycles. The summed E-state index contributed by atoms with van der Waals surface area (Å²) in [4.78, 5) is 76.3. The van der Waals surface area contributed by atoms with Crippen molar-refractivity contribution in [3.05, 3.63) is 35.5 Å². The number of carbonyl (C=O) groups is 5. The average molecular weight is 665 g/mol. The van der Waals surface area contributed by atoms with Gasteiger partial charge in [-0.15, -0.1) is 0 Å².